The molecule has 3 nitrogen and oxygen atoms in total. The molecule has 0 saturated heterocycles. The van der Waals surface area contributed by atoms with Gasteiger partial charge in [0, 0.05) is 18.0 Å². The van der Waals surface area contributed by atoms with Crippen LogP contribution in [0.3, 0.4) is 0 Å². The Kier molecular flexibility index (Phi) is 7.38. The first-order valence-corrected chi connectivity index (χ1v) is 8.61. The second-order valence-electron chi connectivity index (χ2n) is 6.45. The van der Waals surface area contributed by atoms with Gasteiger partial charge in [0.1, 0.15) is 4.75 Å². The lowest BCUT2D eigenvalue weighted by Crippen LogP contribution is -2.42. The molecule has 0 aliphatic rings. The first-order chi connectivity index (χ1) is 10.6. The molecule has 0 amide bonds. The van der Waals surface area contributed by atoms with Gasteiger partial charge in [0.2, 0.25) is 0 Å². The maximum absolute atomic E-state index is 13.1. The van der Waals surface area contributed by atoms with Gasteiger partial charge in [-0.25, -0.2) is 0 Å². The Morgan fingerprint density at radius 1 is 1.17 bits per heavy atom. The maximum Gasteiger partial charge on any atom is 0.391 e. The largest absolute Gasteiger partial charge is 0.598 e. The summed E-state index contributed by atoms with van der Waals surface area (Å²) in [6.45, 7) is 4.74. The number of alkyl halides is 3. The molecule has 3 atom stereocenters. The van der Waals surface area contributed by atoms with Gasteiger partial charge in [-0.05, 0) is 39.2 Å². The van der Waals surface area contributed by atoms with E-state index in [2.05, 4.69) is 4.72 Å². The number of hydrogen-bond acceptors (Lipinski definition) is 3. The van der Waals surface area contributed by atoms with Crippen LogP contribution in [-0.4, -0.2) is 27.2 Å². The van der Waals surface area contributed by atoms with Gasteiger partial charge in [0.25, 0.3) is 0 Å². The van der Waals surface area contributed by atoms with E-state index in [0.29, 0.717) is 5.56 Å². The Labute approximate surface area is 138 Å². The molecule has 1 aromatic carbocycles. The summed E-state index contributed by atoms with van der Waals surface area (Å²) in [5.74, 6) is -1.65. The Morgan fingerprint density at radius 3 is 2.17 bits per heavy atom. The fourth-order valence-electron chi connectivity index (χ4n) is 2.10. The monoisotopic (exact) mass is 351 g/mol. The molecule has 0 spiro atoms. The smallest absolute Gasteiger partial charge is 0.391 e. The van der Waals surface area contributed by atoms with E-state index in [0.717, 1.165) is 0 Å². The minimum atomic E-state index is -4.40. The predicted octanol–water partition coefficient (Wildman–Crippen LogP) is 3.73. The molecule has 1 rings (SSSR count). The lowest BCUT2D eigenvalue weighted by atomic mass is 9.92. The van der Waals surface area contributed by atoms with Crippen molar-refractivity contribution in [2.75, 3.05) is 6.61 Å². The molecule has 0 aromatic heterocycles. The highest BCUT2D eigenvalue weighted by atomic mass is 32.2. The van der Waals surface area contributed by atoms with Crippen LogP contribution in [0.25, 0.3) is 0 Å². The van der Waals surface area contributed by atoms with Crippen molar-refractivity contribution >= 4 is 11.4 Å². The second kappa shape index (κ2) is 8.37. The first kappa shape index (κ1) is 20.3. The van der Waals surface area contributed by atoms with Crippen molar-refractivity contribution < 1.29 is 22.8 Å². The van der Waals surface area contributed by atoms with Crippen molar-refractivity contribution in [1.82, 2.24) is 4.72 Å². The van der Waals surface area contributed by atoms with Crippen molar-refractivity contribution in [2.24, 2.45) is 5.92 Å². The second-order valence-corrected chi connectivity index (χ2v) is 8.45. The van der Waals surface area contributed by atoms with Crippen molar-refractivity contribution in [3.05, 3.63) is 35.9 Å². The third kappa shape index (κ3) is 6.71. The average molecular weight is 351 g/mol. The van der Waals surface area contributed by atoms with Crippen molar-refractivity contribution in [3.8, 4) is 0 Å². The zero-order chi connectivity index (χ0) is 17.7. The Hall–Kier alpha value is -0.760. The third-order valence-corrected chi connectivity index (χ3v) is 5.08. The molecule has 23 heavy (non-hydrogen) atoms. The van der Waals surface area contributed by atoms with Crippen LogP contribution in [0.2, 0.25) is 0 Å². The molecule has 0 heterocycles. The van der Waals surface area contributed by atoms with E-state index >= 15 is 0 Å². The van der Waals surface area contributed by atoms with Crippen LogP contribution in [0.4, 0.5) is 13.2 Å². The highest BCUT2D eigenvalue weighted by molar-refractivity contribution is 7.90. The maximum atomic E-state index is 13.1. The van der Waals surface area contributed by atoms with E-state index in [-0.39, 0.29) is 12.8 Å². The van der Waals surface area contributed by atoms with Crippen LogP contribution in [0.1, 0.15) is 45.2 Å². The van der Waals surface area contributed by atoms with Crippen LogP contribution < -0.4 is 4.72 Å². The summed E-state index contributed by atoms with van der Waals surface area (Å²) in [4.78, 5) is 0. The van der Waals surface area contributed by atoms with Crippen LogP contribution in [0.15, 0.2) is 30.3 Å². The van der Waals surface area contributed by atoms with E-state index in [1.54, 1.807) is 51.1 Å². The minimum absolute atomic E-state index is 0.268. The molecular formula is C16H24F3NO2S. The van der Waals surface area contributed by atoms with Gasteiger partial charge < -0.3 is 9.66 Å². The Balaban J connectivity index is 3.00. The summed E-state index contributed by atoms with van der Waals surface area (Å²) in [6, 6.07) is 7.97. The zero-order valence-corrected chi connectivity index (χ0v) is 14.4. The van der Waals surface area contributed by atoms with Gasteiger partial charge in [-0.2, -0.15) is 13.2 Å². The van der Waals surface area contributed by atoms with E-state index < -0.39 is 40.9 Å². The van der Waals surface area contributed by atoms with Gasteiger partial charge in [-0.1, -0.05) is 30.3 Å². The van der Waals surface area contributed by atoms with Gasteiger partial charge >= 0.3 is 6.18 Å². The standard InChI is InChI=1S/C16H24F3NO2S/c1-15(2,3)23(22)20-14(12-7-5-4-6-8-12)11-13(9-10-21)16(17,18)19/h4-8,13-14,20-21H,9-11H2,1-3H3/t13?,14?,23-/m0/s1. The van der Waals surface area contributed by atoms with Crippen molar-refractivity contribution in [2.45, 2.75) is 50.6 Å². The predicted molar refractivity (Wildman–Crippen MR) is 86.1 cm³/mol. The number of aliphatic hydroxyl groups excluding tert-OH is 1. The summed E-state index contributed by atoms with van der Waals surface area (Å²) >= 11 is -1.49. The summed E-state index contributed by atoms with van der Waals surface area (Å²) in [5, 5.41) is 8.91. The van der Waals surface area contributed by atoms with Crippen molar-refractivity contribution in [3.63, 3.8) is 0 Å². The molecule has 132 valence electrons. The normalized spacial score (nSPS) is 16.9. The highest BCUT2D eigenvalue weighted by Crippen LogP contribution is 2.36. The van der Waals surface area contributed by atoms with E-state index in [9.17, 15) is 17.7 Å². The summed E-state index contributed by atoms with van der Waals surface area (Å²) < 4.78 is 54.0. The molecule has 2 unspecified atom stereocenters. The highest BCUT2D eigenvalue weighted by Gasteiger charge is 2.41. The Bertz CT molecular complexity index is 463. The lowest BCUT2D eigenvalue weighted by Gasteiger charge is -2.30. The van der Waals surface area contributed by atoms with Gasteiger partial charge in [0.05, 0.1) is 12.0 Å². The number of benzene rings is 1. The molecule has 0 aliphatic heterocycles. The van der Waals surface area contributed by atoms with E-state index in [1.165, 1.54) is 0 Å². The third-order valence-electron chi connectivity index (χ3n) is 3.47. The summed E-state index contributed by atoms with van der Waals surface area (Å²) in [6.07, 6.45) is -5.03. The summed E-state index contributed by atoms with van der Waals surface area (Å²) in [5.41, 5.74) is 0.650. The SMILES string of the molecule is CC(C)(C)[S@+]([O-])NC(CC(CCO)C(F)(F)F)c1ccccc1. The molecular weight excluding hydrogens is 327 g/mol. The van der Waals surface area contributed by atoms with Gasteiger partial charge in [-0.15, -0.1) is 4.72 Å². The Morgan fingerprint density at radius 2 is 1.74 bits per heavy atom. The molecule has 1 aromatic rings. The topological polar surface area (TPSA) is 55.3 Å². The molecule has 0 saturated carbocycles. The van der Waals surface area contributed by atoms with Gasteiger partial charge in [0.15, 0.2) is 0 Å². The fourth-order valence-corrected chi connectivity index (χ4v) is 2.94. The van der Waals surface area contributed by atoms with Crippen LogP contribution >= 0.6 is 0 Å². The van der Waals surface area contributed by atoms with Crippen molar-refractivity contribution in [1.29, 1.82) is 0 Å². The molecule has 7 heteroatoms. The van der Waals surface area contributed by atoms with E-state index in [1.807, 2.05) is 0 Å². The molecule has 2 N–H and O–H groups in total. The van der Waals surface area contributed by atoms with Crippen LogP contribution in [0.5, 0.6) is 0 Å². The number of aliphatic hydroxyl groups is 1. The number of nitrogens with one attached hydrogen (secondary N) is 1. The van der Waals surface area contributed by atoms with Gasteiger partial charge in [-0.3, -0.25) is 0 Å². The molecule has 0 bridgehead atoms. The molecule has 0 aliphatic carbocycles. The fraction of sp³-hybridized carbons (Fsp3) is 0.625. The zero-order valence-electron chi connectivity index (χ0n) is 13.6. The average Bonchev–Trinajstić information content (AvgIpc) is 2.44. The lowest BCUT2D eigenvalue weighted by molar-refractivity contribution is -0.181. The van der Waals surface area contributed by atoms with E-state index in [4.69, 9.17) is 5.11 Å². The minimum Gasteiger partial charge on any atom is -0.598 e. The van der Waals surface area contributed by atoms with Crippen LogP contribution in [0, 0.1) is 5.92 Å². The number of hydrogen-bond donors (Lipinski definition) is 2. The number of rotatable bonds is 7. The van der Waals surface area contributed by atoms with Crippen LogP contribution in [-0.2, 0) is 11.4 Å². The first-order valence-electron chi connectivity index (χ1n) is 7.46. The molecule has 0 radical (unpaired) electrons. The quantitative estimate of drug-likeness (QED) is 0.736. The number of halogens is 3. The summed E-state index contributed by atoms with van der Waals surface area (Å²) in [7, 11) is 0. The molecule has 0 fully saturated rings.